The van der Waals surface area contributed by atoms with E-state index in [0.29, 0.717) is 24.9 Å². The fourth-order valence-corrected chi connectivity index (χ4v) is 4.45. The van der Waals surface area contributed by atoms with E-state index in [2.05, 4.69) is 5.32 Å². The van der Waals surface area contributed by atoms with Crippen LogP contribution < -0.4 is 10.2 Å². The van der Waals surface area contributed by atoms with E-state index in [1.54, 1.807) is 12.1 Å². The molecule has 0 aliphatic carbocycles. The van der Waals surface area contributed by atoms with Crippen LogP contribution in [0.5, 0.6) is 0 Å². The van der Waals surface area contributed by atoms with E-state index in [0.717, 1.165) is 16.7 Å². The molecule has 0 aliphatic heterocycles. The van der Waals surface area contributed by atoms with Gasteiger partial charge in [0, 0.05) is 5.69 Å². The molecule has 1 amide bonds. The van der Waals surface area contributed by atoms with Crippen LogP contribution in [0.3, 0.4) is 0 Å². The van der Waals surface area contributed by atoms with Crippen molar-refractivity contribution in [3.63, 3.8) is 0 Å². The second-order valence-electron chi connectivity index (χ2n) is 9.90. The number of carboxylic acid groups (broad SMARTS) is 2. The number of nitrogens with one attached hydrogen (secondary N) is 1. The Morgan fingerprint density at radius 3 is 1.82 bits per heavy atom. The summed E-state index contributed by atoms with van der Waals surface area (Å²) < 4.78 is 0. The number of benzene rings is 3. The minimum Gasteiger partial charge on any atom is -0.480 e. The Kier molecular flexibility index (Phi) is 10.2. The van der Waals surface area contributed by atoms with Crippen LogP contribution in [0.25, 0.3) is 11.1 Å². The van der Waals surface area contributed by atoms with Crippen molar-refractivity contribution in [2.45, 2.75) is 58.2 Å². The number of aryl methyl sites for hydroxylation is 1. The van der Waals surface area contributed by atoms with Gasteiger partial charge in [-0.1, -0.05) is 86.6 Å². The molecule has 7 nitrogen and oxygen atoms in total. The normalized spacial score (nSPS) is 13.5. The van der Waals surface area contributed by atoms with Gasteiger partial charge in [-0.2, -0.15) is 0 Å². The van der Waals surface area contributed by atoms with Crippen molar-refractivity contribution < 1.29 is 24.6 Å². The third kappa shape index (κ3) is 7.76. The lowest BCUT2D eigenvalue weighted by Gasteiger charge is -2.33. The number of amides is 1. The molecule has 0 aliphatic rings. The van der Waals surface area contributed by atoms with Crippen LogP contribution in [0, 0.1) is 5.92 Å². The van der Waals surface area contributed by atoms with E-state index in [9.17, 15) is 24.6 Å². The first kappa shape index (κ1) is 28.6. The summed E-state index contributed by atoms with van der Waals surface area (Å²) in [6.07, 6.45) is 1.18. The van der Waals surface area contributed by atoms with Crippen LogP contribution in [0.2, 0.25) is 0 Å². The highest BCUT2D eigenvalue weighted by molar-refractivity contribution is 6.02. The van der Waals surface area contributed by atoms with Gasteiger partial charge in [0.05, 0.1) is 6.04 Å². The molecule has 0 aromatic heterocycles. The van der Waals surface area contributed by atoms with Crippen molar-refractivity contribution in [3.8, 4) is 11.1 Å². The molecule has 0 spiro atoms. The first-order valence-electron chi connectivity index (χ1n) is 12.9. The summed E-state index contributed by atoms with van der Waals surface area (Å²) in [6, 6.07) is 23.5. The van der Waals surface area contributed by atoms with E-state index < -0.39 is 36.0 Å². The second kappa shape index (κ2) is 13.5. The Bertz CT molecular complexity index is 1200. The van der Waals surface area contributed by atoms with Gasteiger partial charge in [0.1, 0.15) is 12.1 Å². The van der Waals surface area contributed by atoms with Crippen LogP contribution in [-0.4, -0.2) is 46.2 Å². The molecular formula is C31H36N2O5. The monoisotopic (exact) mass is 516 g/mol. The average Bonchev–Trinajstić information content (AvgIpc) is 2.91. The fraction of sp³-hybridized carbons (Fsp3) is 0.323. The smallest absolute Gasteiger partial charge is 0.326 e. The summed E-state index contributed by atoms with van der Waals surface area (Å²) in [4.78, 5) is 39.3. The zero-order valence-electron chi connectivity index (χ0n) is 22.1. The zero-order valence-corrected chi connectivity index (χ0v) is 22.1. The summed E-state index contributed by atoms with van der Waals surface area (Å²) >= 11 is 0. The van der Waals surface area contributed by atoms with Crippen LogP contribution >= 0.6 is 0 Å². The average molecular weight is 517 g/mol. The number of carboxylic acids is 2. The molecule has 3 N–H and O–H groups in total. The molecular weight excluding hydrogens is 480 g/mol. The van der Waals surface area contributed by atoms with Crippen molar-refractivity contribution in [3.05, 3.63) is 90.5 Å². The fourth-order valence-electron chi connectivity index (χ4n) is 4.45. The van der Waals surface area contributed by atoms with Crippen molar-refractivity contribution in [2.24, 2.45) is 5.92 Å². The van der Waals surface area contributed by atoms with E-state index in [1.165, 1.54) is 11.8 Å². The maximum atomic E-state index is 13.9. The van der Waals surface area contributed by atoms with Crippen molar-refractivity contribution >= 4 is 23.5 Å². The third-order valence-electron chi connectivity index (χ3n) is 6.50. The van der Waals surface area contributed by atoms with Gasteiger partial charge in [-0.3, -0.25) is 19.8 Å². The van der Waals surface area contributed by atoms with E-state index in [1.807, 2.05) is 86.6 Å². The van der Waals surface area contributed by atoms with Gasteiger partial charge in [0.25, 0.3) is 0 Å². The van der Waals surface area contributed by atoms with Crippen LogP contribution in [-0.2, 0) is 20.8 Å². The predicted octanol–water partition coefficient (Wildman–Crippen LogP) is 5.25. The third-order valence-corrected chi connectivity index (χ3v) is 6.50. The molecule has 0 saturated heterocycles. The van der Waals surface area contributed by atoms with Crippen molar-refractivity contribution in [1.82, 2.24) is 5.32 Å². The largest absolute Gasteiger partial charge is 0.480 e. The van der Waals surface area contributed by atoms with Crippen molar-refractivity contribution in [1.29, 1.82) is 0 Å². The number of anilines is 1. The molecule has 0 unspecified atom stereocenters. The quantitative estimate of drug-likeness (QED) is 0.286. The number of hydrogen-bond donors (Lipinski definition) is 3. The number of nitrogens with zero attached hydrogens (tertiary/aromatic N) is 1. The maximum Gasteiger partial charge on any atom is 0.326 e. The lowest BCUT2D eigenvalue weighted by molar-refractivity contribution is -0.141. The van der Waals surface area contributed by atoms with E-state index in [4.69, 9.17) is 0 Å². The molecule has 0 fully saturated rings. The topological polar surface area (TPSA) is 107 Å². The van der Waals surface area contributed by atoms with Gasteiger partial charge in [0.2, 0.25) is 5.91 Å². The van der Waals surface area contributed by atoms with E-state index in [-0.39, 0.29) is 5.92 Å². The Balaban J connectivity index is 1.88. The highest BCUT2D eigenvalue weighted by Crippen LogP contribution is 2.26. The summed E-state index contributed by atoms with van der Waals surface area (Å²) in [5.74, 6) is -2.59. The lowest BCUT2D eigenvalue weighted by atomic mass is 9.98. The molecule has 38 heavy (non-hydrogen) atoms. The van der Waals surface area contributed by atoms with Crippen LogP contribution in [0.1, 0.15) is 39.2 Å². The first-order chi connectivity index (χ1) is 18.2. The molecule has 0 saturated carbocycles. The molecule has 0 bridgehead atoms. The molecule has 3 aromatic rings. The SMILES string of the molecule is CC(C)C[C@H](N[C@@H](CCc1ccccc1)C(=O)O)C(=O)N(c1ccc(-c2ccccc2)cc1)[C@@H](C)C(=O)O. The van der Waals surface area contributed by atoms with Gasteiger partial charge < -0.3 is 10.2 Å². The van der Waals surface area contributed by atoms with Gasteiger partial charge >= 0.3 is 11.9 Å². The van der Waals surface area contributed by atoms with Crippen molar-refractivity contribution in [2.75, 3.05) is 4.90 Å². The molecule has 200 valence electrons. The Morgan fingerprint density at radius 1 is 0.737 bits per heavy atom. The molecule has 7 heteroatoms. The zero-order chi connectivity index (χ0) is 27.7. The molecule has 0 heterocycles. The first-order valence-corrected chi connectivity index (χ1v) is 12.9. The second-order valence-corrected chi connectivity index (χ2v) is 9.90. The molecule has 3 aromatic carbocycles. The summed E-state index contributed by atoms with van der Waals surface area (Å²) in [7, 11) is 0. The van der Waals surface area contributed by atoms with Gasteiger partial charge in [-0.25, -0.2) is 4.79 Å². The molecule has 0 radical (unpaired) electrons. The van der Waals surface area contributed by atoms with Crippen LogP contribution in [0.15, 0.2) is 84.9 Å². The van der Waals surface area contributed by atoms with Crippen LogP contribution in [0.4, 0.5) is 5.69 Å². The summed E-state index contributed by atoms with van der Waals surface area (Å²) in [5.41, 5.74) is 3.39. The van der Waals surface area contributed by atoms with Gasteiger partial charge in [-0.15, -0.1) is 0 Å². The number of aliphatic carboxylic acids is 2. The summed E-state index contributed by atoms with van der Waals surface area (Å²) in [5, 5.41) is 22.8. The predicted molar refractivity (Wildman–Crippen MR) is 149 cm³/mol. The highest BCUT2D eigenvalue weighted by atomic mass is 16.4. The number of hydrogen-bond acceptors (Lipinski definition) is 4. The Labute approximate surface area is 224 Å². The standard InChI is InChI=1S/C31H36N2O5/c1-21(2)20-28(32-27(31(37)38)19-14-23-10-6-4-7-11-23)29(34)33(22(3)30(35)36)26-17-15-25(16-18-26)24-12-8-5-9-13-24/h4-13,15-18,21-22,27-28,32H,14,19-20H2,1-3H3,(H,35,36)(H,37,38)/t22-,27-,28-/m0/s1. The number of carbonyl (C=O) groups is 3. The molecule has 3 atom stereocenters. The number of carbonyl (C=O) groups excluding carboxylic acids is 1. The Morgan fingerprint density at radius 2 is 1.29 bits per heavy atom. The van der Waals surface area contributed by atoms with Gasteiger partial charge in [-0.05, 0) is 60.9 Å². The highest BCUT2D eigenvalue weighted by Gasteiger charge is 2.35. The molecule has 3 rings (SSSR count). The van der Waals surface area contributed by atoms with E-state index >= 15 is 0 Å². The Hall–Kier alpha value is -3.97. The summed E-state index contributed by atoms with van der Waals surface area (Å²) in [6.45, 7) is 5.35. The maximum absolute atomic E-state index is 13.9. The minimum absolute atomic E-state index is 0.0717. The lowest BCUT2D eigenvalue weighted by Crippen LogP contribution is -2.56. The number of rotatable bonds is 13. The minimum atomic E-state index is -1.15. The van der Waals surface area contributed by atoms with Gasteiger partial charge in [0.15, 0.2) is 0 Å².